The van der Waals surface area contributed by atoms with Gasteiger partial charge in [-0.1, -0.05) is 42.2 Å². The van der Waals surface area contributed by atoms with Crippen LogP contribution in [0.1, 0.15) is 25.3 Å². The Balaban J connectivity index is 2.32. The molecule has 0 aliphatic carbocycles. The van der Waals surface area contributed by atoms with E-state index in [2.05, 4.69) is 10.3 Å². The molecule has 2 rings (SSSR count). The number of oxime groups is 1. The number of nitrogens with zero attached hydrogens (tertiary/aromatic N) is 3. The van der Waals surface area contributed by atoms with Gasteiger partial charge in [-0.25, -0.2) is 4.68 Å². The molecule has 2 aromatic rings. The lowest BCUT2D eigenvalue weighted by molar-refractivity contribution is 0.306. The van der Waals surface area contributed by atoms with Gasteiger partial charge in [-0.15, -0.1) is 5.10 Å². The van der Waals surface area contributed by atoms with Crippen LogP contribution < -0.4 is 20.8 Å². The molecule has 0 radical (unpaired) electrons. The first kappa shape index (κ1) is 19.9. The molecule has 140 valence electrons. The van der Waals surface area contributed by atoms with Crippen LogP contribution in [0.15, 0.2) is 28.1 Å². The summed E-state index contributed by atoms with van der Waals surface area (Å²) in [5.74, 6) is 0.568. The van der Waals surface area contributed by atoms with Crippen LogP contribution in [0.25, 0.3) is 0 Å². The predicted octanol–water partition coefficient (Wildman–Crippen LogP) is 3.13. The molecular formula is C16H18Cl2N4O4. The zero-order valence-corrected chi connectivity index (χ0v) is 15.9. The van der Waals surface area contributed by atoms with Crippen LogP contribution in [0.5, 0.6) is 17.4 Å². The molecule has 1 aromatic heterocycles. The summed E-state index contributed by atoms with van der Waals surface area (Å²) in [7, 11) is 1.54. The summed E-state index contributed by atoms with van der Waals surface area (Å²) in [4.78, 5) is 12.1. The lowest BCUT2D eigenvalue weighted by Crippen LogP contribution is -2.24. The number of amidine groups is 1. The third-order valence-corrected chi connectivity index (χ3v) is 3.95. The Morgan fingerprint density at radius 3 is 2.50 bits per heavy atom. The van der Waals surface area contributed by atoms with Gasteiger partial charge in [0.1, 0.15) is 12.4 Å². The van der Waals surface area contributed by atoms with E-state index in [4.69, 9.17) is 43.6 Å². The molecule has 0 saturated carbocycles. The number of aryl methyl sites for hydroxylation is 1. The summed E-state index contributed by atoms with van der Waals surface area (Å²) in [6.07, 6.45) is 0. The Morgan fingerprint density at radius 1 is 1.35 bits per heavy atom. The summed E-state index contributed by atoms with van der Waals surface area (Å²) in [5, 5.41) is 15.7. The SMILES string of the molecule is CC(C)c1cc(Oc2c(Cl)cc(OC/C(N)=N/O)cc2Cl)nn(C)c1=O. The van der Waals surface area contributed by atoms with Gasteiger partial charge >= 0.3 is 0 Å². The number of nitrogens with two attached hydrogens (primary N) is 1. The van der Waals surface area contributed by atoms with E-state index in [9.17, 15) is 4.79 Å². The molecule has 0 amide bonds. The molecule has 0 unspecified atom stereocenters. The second kappa shape index (κ2) is 8.29. The van der Waals surface area contributed by atoms with Gasteiger partial charge in [-0.3, -0.25) is 4.79 Å². The van der Waals surface area contributed by atoms with Gasteiger partial charge in [-0.2, -0.15) is 0 Å². The van der Waals surface area contributed by atoms with Crippen molar-refractivity contribution in [3.8, 4) is 17.4 Å². The standard InChI is InChI=1S/C16H18Cl2N4O4/c1-8(2)10-6-14(20-22(3)16(10)23)26-15-11(17)4-9(5-12(15)18)25-7-13(19)21-24/h4-6,8,24H,7H2,1-3H3,(H2,19,21). The molecule has 10 heteroatoms. The van der Waals surface area contributed by atoms with E-state index in [1.165, 1.54) is 23.9 Å². The van der Waals surface area contributed by atoms with E-state index in [-0.39, 0.29) is 45.6 Å². The summed E-state index contributed by atoms with van der Waals surface area (Å²) >= 11 is 12.4. The smallest absolute Gasteiger partial charge is 0.270 e. The first-order chi connectivity index (χ1) is 12.2. The zero-order valence-electron chi connectivity index (χ0n) is 14.4. The van der Waals surface area contributed by atoms with Gasteiger partial charge in [0.15, 0.2) is 11.6 Å². The van der Waals surface area contributed by atoms with E-state index in [1.54, 1.807) is 6.07 Å². The zero-order chi connectivity index (χ0) is 19.4. The minimum Gasteiger partial charge on any atom is -0.485 e. The fourth-order valence-corrected chi connectivity index (χ4v) is 2.62. The molecule has 0 bridgehead atoms. The Bertz CT molecular complexity index is 873. The van der Waals surface area contributed by atoms with E-state index in [1.807, 2.05) is 13.8 Å². The van der Waals surface area contributed by atoms with Crippen molar-refractivity contribution in [2.45, 2.75) is 19.8 Å². The topological polar surface area (TPSA) is 112 Å². The molecule has 1 aromatic carbocycles. The molecule has 1 heterocycles. The minimum atomic E-state index is -0.198. The van der Waals surface area contributed by atoms with Gasteiger partial charge in [0.2, 0.25) is 5.88 Å². The predicted molar refractivity (Wildman–Crippen MR) is 99.0 cm³/mol. The number of ether oxygens (including phenoxy) is 2. The van der Waals surface area contributed by atoms with Crippen LogP contribution in [-0.2, 0) is 7.05 Å². The number of hydrogen-bond acceptors (Lipinski definition) is 6. The van der Waals surface area contributed by atoms with Crippen molar-refractivity contribution in [3.05, 3.63) is 44.2 Å². The van der Waals surface area contributed by atoms with Crippen molar-refractivity contribution in [1.29, 1.82) is 0 Å². The molecule has 3 N–H and O–H groups in total. The first-order valence-corrected chi connectivity index (χ1v) is 8.32. The fourth-order valence-electron chi connectivity index (χ4n) is 2.08. The normalized spacial score (nSPS) is 11.7. The van der Waals surface area contributed by atoms with Crippen molar-refractivity contribution in [1.82, 2.24) is 9.78 Å². The van der Waals surface area contributed by atoms with Crippen molar-refractivity contribution in [3.63, 3.8) is 0 Å². The number of hydrogen-bond donors (Lipinski definition) is 2. The Labute approximate surface area is 159 Å². The molecule has 0 saturated heterocycles. The molecule has 26 heavy (non-hydrogen) atoms. The quantitative estimate of drug-likeness (QED) is 0.333. The second-order valence-electron chi connectivity index (χ2n) is 5.72. The number of aromatic nitrogens is 2. The third kappa shape index (κ3) is 4.59. The maximum absolute atomic E-state index is 12.1. The monoisotopic (exact) mass is 400 g/mol. The van der Waals surface area contributed by atoms with Gasteiger partial charge < -0.3 is 20.4 Å². The lowest BCUT2D eigenvalue weighted by Gasteiger charge is -2.13. The largest absolute Gasteiger partial charge is 0.485 e. The highest BCUT2D eigenvalue weighted by molar-refractivity contribution is 6.37. The summed E-state index contributed by atoms with van der Waals surface area (Å²) in [6.45, 7) is 3.66. The number of rotatable bonds is 6. The number of halogens is 2. The van der Waals surface area contributed by atoms with Gasteiger partial charge in [0.25, 0.3) is 5.56 Å². The van der Waals surface area contributed by atoms with Crippen molar-refractivity contribution in [2.24, 2.45) is 17.9 Å². The molecule has 0 spiro atoms. The Hall–Kier alpha value is -2.45. The van der Waals surface area contributed by atoms with Gasteiger partial charge in [-0.05, 0) is 5.92 Å². The summed E-state index contributed by atoms with van der Waals surface area (Å²) in [6, 6.07) is 4.50. The fraction of sp³-hybridized carbons (Fsp3) is 0.312. The Kier molecular flexibility index (Phi) is 6.33. The first-order valence-electron chi connectivity index (χ1n) is 7.57. The molecule has 0 aliphatic rings. The number of benzene rings is 1. The minimum absolute atomic E-state index is 0.000539. The van der Waals surface area contributed by atoms with E-state index in [0.717, 1.165) is 0 Å². The van der Waals surface area contributed by atoms with Crippen molar-refractivity contribution in [2.75, 3.05) is 6.61 Å². The summed E-state index contributed by atoms with van der Waals surface area (Å²) in [5.41, 5.74) is 5.70. The van der Waals surface area contributed by atoms with Gasteiger partial charge in [0, 0.05) is 30.8 Å². The van der Waals surface area contributed by atoms with E-state index < -0.39 is 0 Å². The highest BCUT2D eigenvalue weighted by Crippen LogP contribution is 2.39. The maximum atomic E-state index is 12.1. The molecule has 0 aliphatic heterocycles. The molecule has 0 atom stereocenters. The van der Waals surface area contributed by atoms with Crippen LogP contribution in [0, 0.1) is 0 Å². The van der Waals surface area contributed by atoms with Crippen LogP contribution >= 0.6 is 23.2 Å². The summed E-state index contributed by atoms with van der Waals surface area (Å²) < 4.78 is 12.2. The Morgan fingerprint density at radius 2 is 1.96 bits per heavy atom. The van der Waals surface area contributed by atoms with Crippen LogP contribution in [0.4, 0.5) is 0 Å². The van der Waals surface area contributed by atoms with Crippen LogP contribution in [0.3, 0.4) is 0 Å². The third-order valence-electron chi connectivity index (χ3n) is 3.38. The second-order valence-corrected chi connectivity index (χ2v) is 6.53. The lowest BCUT2D eigenvalue weighted by atomic mass is 10.1. The van der Waals surface area contributed by atoms with Crippen molar-refractivity contribution < 1.29 is 14.7 Å². The highest BCUT2D eigenvalue weighted by atomic mass is 35.5. The molecule has 8 nitrogen and oxygen atoms in total. The van der Waals surface area contributed by atoms with Crippen LogP contribution in [0.2, 0.25) is 10.0 Å². The maximum Gasteiger partial charge on any atom is 0.270 e. The van der Waals surface area contributed by atoms with E-state index in [0.29, 0.717) is 11.3 Å². The van der Waals surface area contributed by atoms with Gasteiger partial charge in [0.05, 0.1) is 10.0 Å². The highest BCUT2D eigenvalue weighted by Gasteiger charge is 2.16. The van der Waals surface area contributed by atoms with Crippen molar-refractivity contribution >= 4 is 29.0 Å². The molecular weight excluding hydrogens is 383 g/mol. The van der Waals surface area contributed by atoms with E-state index >= 15 is 0 Å². The average Bonchev–Trinajstić information content (AvgIpc) is 2.58. The average molecular weight is 401 g/mol. The molecule has 0 fully saturated rings. The van der Waals surface area contributed by atoms with Crippen LogP contribution in [-0.4, -0.2) is 27.4 Å².